The Morgan fingerprint density at radius 1 is 1.19 bits per heavy atom. The molecular formula is C14H13F3N2OS. The van der Waals surface area contributed by atoms with Gasteiger partial charge in [-0.15, -0.1) is 11.3 Å². The molecule has 0 aliphatic rings. The number of carbonyl (C=O) groups is 1. The van der Waals surface area contributed by atoms with Crippen LogP contribution in [0.5, 0.6) is 0 Å². The lowest BCUT2D eigenvalue weighted by molar-refractivity contribution is 0.102. The predicted octanol–water partition coefficient (Wildman–Crippen LogP) is 4.11. The van der Waals surface area contributed by atoms with Crippen molar-refractivity contribution in [1.82, 2.24) is 4.98 Å². The Morgan fingerprint density at radius 2 is 1.76 bits per heavy atom. The minimum absolute atomic E-state index is 0.173. The van der Waals surface area contributed by atoms with Crippen LogP contribution in [0, 0.1) is 17.5 Å². The largest absolute Gasteiger partial charge is 0.298 e. The molecule has 2 aromatic rings. The van der Waals surface area contributed by atoms with Crippen LogP contribution < -0.4 is 5.32 Å². The van der Waals surface area contributed by atoms with E-state index in [0.29, 0.717) is 17.3 Å². The zero-order valence-electron chi connectivity index (χ0n) is 11.6. The van der Waals surface area contributed by atoms with Crippen LogP contribution in [0.25, 0.3) is 0 Å². The van der Waals surface area contributed by atoms with E-state index in [1.807, 2.05) is 20.8 Å². The summed E-state index contributed by atoms with van der Waals surface area (Å²) in [7, 11) is 0. The summed E-state index contributed by atoms with van der Waals surface area (Å²) in [4.78, 5) is 16.1. The van der Waals surface area contributed by atoms with Crippen molar-refractivity contribution in [3.05, 3.63) is 46.2 Å². The second kappa shape index (κ2) is 5.48. The predicted molar refractivity (Wildman–Crippen MR) is 75.1 cm³/mol. The van der Waals surface area contributed by atoms with E-state index in [0.717, 1.165) is 5.69 Å². The average molecular weight is 314 g/mol. The maximum atomic E-state index is 13.1. The third-order valence-electron chi connectivity index (χ3n) is 2.74. The Bertz CT molecular complexity index is 669. The van der Waals surface area contributed by atoms with Gasteiger partial charge in [-0.1, -0.05) is 20.8 Å². The highest BCUT2D eigenvalue weighted by Gasteiger charge is 2.19. The normalized spacial score (nSPS) is 11.5. The van der Waals surface area contributed by atoms with Crippen molar-refractivity contribution in [2.24, 2.45) is 0 Å². The molecule has 21 heavy (non-hydrogen) atoms. The number of anilines is 1. The number of amides is 1. The Kier molecular flexibility index (Phi) is 4.04. The van der Waals surface area contributed by atoms with Gasteiger partial charge in [0.25, 0.3) is 5.91 Å². The van der Waals surface area contributed by atoms with E-state index in [2.05, 4.69) is 10.3 Å². The molecule has 1 aromatic heterocycles. The zero-order valence-corrected chi connectivity index (χ0v) is 12.4. The molecule has 0 fully saturated rings. The maximum absolute atomic E-state index is 13.1. The van der Waals surface area contributed by atoms with Gasteiger partial charge in [-0.2, -0.15) is 0 Å². The summed E-state index contributed by atoms with van der Waals surface area (Å²) in [6.45, 7) is 5.91. The van der Waals surface area contributed by atoms with Crippen molar-refractivity contribution in [2.45, 2.75) is 26.2 Å². The first-order chi connectivity index (χ1) is 9.68. The van der Waals surface area contributed by atoms with Crippen molar-refractivity contribution in [2.75, 3.05) is 5.32 Å². The van der Waals surface area contributed by atoms with E-state index >= 15 is 0 Å². The van der Waals surface area contributed by atoms with Crippen LogP contribution in [0.3, 0.4) is 0 Å². The highest BCUT2D eigenvalue weighted by atomic mass is 32.1. The zero-order chi connectivity index (χ0) is 15.8. The molecule has 1 amide bonds. The molecule has 1 heterocycles. The van der Waals surface area contributed by atoms with Crippen LogP contribution in [0.2, 0.25) is 0 Å². The van der Waals surface area contributed by atoms with Crippen molar-refractivity contribution >= 4 is 22.4 Å². The Balaban J connectivity index is 2.20. The summed E-state index contributed by atoms with van der Waals surface area (Å²) in [5.74, 6) is -5.16. The second-order valence-electron chi connectivity index (χ2n) is 5.50. The van der Waals surface area contributed by atoms with Gasteiger partial charge in [0.1, 0.15) is 0 Å². The van der Waals surface area contributed by atoms with E-state index in [4.69, 9.17) is 0 Å². The molecule has 0 spiro atoms. The highest BCUT2D eigenvalue weighted by Crippen LogP contribution is 2.26. The van der Waals surface area contributed by atoms with Crippen LogP contribution >= 0.6 is 11.3 Å². The van der Waals surface area contributed by atoms with E-state index < -0.39 is 23.4 Å². The molecule has 7 heteroatoms. The van der Waals surface area contributed by atoms with Gasteiger partial charge in [-0.3, -0.25) is 10.1 Å². The van der Waals surface area contributed by atoms with Gasteiger partial charge in [-0.05, 0) is 12.1 Å². The Morgan fingerprint density at radius 3 is 2.24 bits per heavy atom. The van der Waals surface area contributed by atoms with E-state index in [1.165, 1.54) is 11.3 Å². The summed E-state index contributed by atoms with van der Waals surface area (Å²) in [6, 6.07) is 1.29. The summed E-state index contributed by atoms with van der Waals surface area (Å²) >= 11 is 1.21. The van der Waals surface area contributed by atoms with Crippen LogP contribution in [0.15, 0.2) is 17.5 Å². The van der Waals surface area contributed by atoms with E-state index in [-0.39, 0.29) is 11.0 Å². The number of aromatic nitrogens is 1. The number of halogens is 3. The summed E-state index contributed by atoms with van der Waals surface area (Å²) in [5, 5.41) is 4.55. The molecule has 0 saturated heterocycles. The Hall–Kier alpha value is -1.89. The van der Waals surface area contributed by atoms with Crippen LogP contribution in [-0.2, 0) is 5.41 Å². The molecule has 2 rings (SSSR count). The summed E-state index contributed by atoms with van der Waals surface area (Å²) < 4.78 is 39.0. The monoisotopic (exact) mass is 314 g/mol. The number of hydrogen-bond donors (Lipinski definition) is 1. The molecule has 0 bridgehead atoms. The summed E-state index contributed by atoms with van der Waals surface area (Å²) in [6.07, 6.45) is 0. The van der Waals surface area contributed by atoms with Crippen molar-refractivity contribution in [1.29, 1.82) is 0 Å². The quantitative estimate of drug-likeness (QED) is 0.848. The Labute approximate surface area is 123 Å². The minimum Gasteiger partial charge on any atom is -0.298 e. The molecule has 1 N–H and O–H groups in total. The number of nitrogens with one attached hydrogen (secondary N) is 1. The molecule has 0 unspecified atom stereocenters. The average Bonchev–Trinajstić information content (AvgIpc) is 2.83. The van der Waals surface area contributed by atoms with Gasteiger partial charge in [0, 0.05) is 16.4 Å². The van der Waals surface area contributed by atoms with Gasteiger partial charge >= 0.3 is 0 Å². The first-order valence-corrected chi connectivity index (χ1v) is 6.98. The topological polar surface area (TPSA) is 42.0 Å². The molecule has 0 atom stereocenters. The lowest BCUT2D eigenvalue weighted by Gasteiger charge is -2.14. The minimum atomic E-state index is -1.60. The third kappa shape index (κ3) is 3.41. The van der Waals surface area contributed by atoms with Crippen molar-refractivity contribution in [3.8, 4) is 0 Å². The third-order valence-corrected chi connectivity index (χ3v) is 3.50. The van der Waals surface area contributed by atoms with Crippen molar-refractivity contribution < 1.29 is 18.0 Å². The van der Waals surface area contributed by atoms with Gasteiger partial charge in [-0.25, -0.2) is 18.2 Å². The van der Waals surface area contributed by atoms with E-state index in [9.17, 15) is 18.0 Å². The highest BCUT2D eigenvalue weighted by molar-refractivity contribution is 7.14. The van der Waals surface area contributed by atoms with E-state index in [1.54, 1.807) is 5.38 Å². The smallest absolute Gasteiger partial charge is 0.257 e. The van der Waals surface area contributed by atoms with Crippen molar-refractivity contribution in [3.63, 3.8) is 0 Å². The maximum Gasteiger partial charge on any atom is 0.257 e. The van der Waals surface area contributed by atoms with Crippen LogP contribution in [-0.4, -0.2) is 10.9 Å². The number of nitrogens with zero attached hydrogens (tertiary/aromatic N) is 1. The molecule has 3 nitrogen and oxygen atoms in total. The fourth-order valence-electron chi connectivity index (χ4n) is 1.53. The van der Waals surface area contributed by atoms with Gasteiger partial charge < -0.3 is 0 Å². The molecule has 0 aliphatic carbocycles. The SMILES string of the molecule is CC(C)(C)c1csc(NC(=O)c2cc(F)c(F)c(F)c2)n1. The molecule has 0 saturated carbocycles. The molecule has 112 valence electrons. The first kappa shape index (κ1) is 15.5. The molecular weight excluding hydrogens is 301 g/mol. The standard InChI is InChI=1S/C14H13F3N2OS/c1-14(2,3)10-6-21-13(18-10)19-12(20)7-4-8(15)11(17)9(16)5-7/h4-6H,1-3H3,(H,18,19,20). The lowest BCUT2D eigenvalue weighted by atomic mass is 9.93. The van der Waals surface area contributed by atoms with Crippen LogP contribution in [0.1, 0.15) is 36.8 Å². The van der Waals surface area contributed by atoms with Gasteiger partial charge in [0.2, 0.25) is 0 Å². The number of benzene rings is 1. The molecule has 1 aromatic carbocycles. The fraction of sp³-hybridized carbons (Fsp3) is 0.286. The number of thiazole rings is 1. The van der Waals surface area contributed by atoms with Crippen LogP contribution in [0.4, 0.5) is 18.3 Å². The number of rotatable bonds is 2. The second-order valence-corrected chi connectivity index (χ2v) is 6.35. The number of carbonyl (C=O) groups excluding carboxylic acids is 1. The number of hydrogen-bond acceptors (Lipinski definition) is 3. The molecule has 0 radical (unpaired) electrons. The fourth-order valence-corrected chi connectivity index (χ4v) is 2.46. The summed E-state index contributed by atoms with van der Waals surface area (Å²) in [5.41, 5.74) is 0.311. The molecule has 0 aliphatic heterocycles. The van der Waals surface area contributed by atoms with Gasteiger partial charge in [0.05, 0.1) is 5.69 Å². The lowest BCUT2D eigenvalue weighted by Crippen LogP contribution is -2.15. The first-order valence-electron chi connectivity index (χ1n) is 6.10. The van der Waals surface area contributed by atoms with Gasteiger partial charge in [0.15, 0.2) is 22.6 Å².